The molecule has 0 aliphatic carbocycles. The summed E-state index contributed by atoms with van der Waals surface area (Å²) in [6.07, 6.45) is 1.60. The maximum atomic E-state index is 14.7. The zero-order valence-electron chi connectivity index (χ0n) is 16.4. The molecule has 1 aliphatic rings. The van der Waals surface area contributed by atoms with E-state index in [-0.39, 0.29) is 12.3 Å². The SMILES string of the molecule is COc1ccc(-c2cc(N3Cc4c(F)cc(O)cc4-p4nnc[n+]43)ccc2C#N)cc1. The smallest absolute Gasteiger partial charge is 0.294 e. The lowest BCUT2D eigenvalue weighted by Crippen LogP contribution is -2.53. The lowest BCUT2D eigenvalue weighted by atomic mass is 9.99. The van der Waals surface area contributed by atoms with Crippen LogP contribution in [0.15, 0.2) is 60.9 Å². The minimum atomic E-state index is -1.33. The van der Waals surface area contributed by atoms with Crippen molar-refractivity contribution < 1.29 is 18.7 Å². The van der Waals surface area contributed by atoms with Crippen molar-refractivity contribution in [3.8, 4) is 34.0 Å². The Morgan fingerprint density at radius 2 is 2.00 bits per heavy atom. The van der Waals surface area contributed by atoms with Crippen molar-refractivity contribution in [1.29, 1.82) is 5.26 Å². The van der Waals surface area contributed by atoms with E-state index < -0.39 is 13.7 Å². The van der Waals surface area contributed by atoms with Crippen LogP contribution in [0.5, 0.6) is 11.5 Å². The fraction of sp³-hybridized carbons (Fsp3) is 0.0909. The van der Waals surface area contributed by atoms with Crippen molar-refractivity contribution in [2.75, 3.05) is 12.1 Å². The minimum absolute atomic E-state index is 0.130. The fourth-order valence-corrected chi connectivity index (χ4v) is 5.43. The lowest BCUT2D eigenvalue weighted by molar-refractivity contribution is -0.621. The number of hydrogen-bond donors (Lipinski definition) is 1. The molecule has 1 aliphatic heterocycles. The van der Waals surface area contributed by atoms with Gasteiger partial charge in [-0.25, -0.2) is 9.40 Å². The number of methoxy groups -OCH3 is 1. The highest BCUT2D eigenvalue weighted by Crippen LogP contribution is 2.42. The molecular weight excluding hydrogens is 416 g/mol. The predicted octanol–water partition coefficient (Wildman–Crippen LogP) is 3.92. The molecule has 0 bridgehead atoms. The highest BCUT2D eigenvalue weighted by molar-refractivity contribution is 7.46. The first-order valence-electron chi connectivity index (χ1n) is 9.40. The molecule has 0 radical (unpaired) electrons. The number of phenols is 1. The molecule has 152 valence electrons. The van der Waals surface area contributed by atoms with Gasteiger partial charge < -0.3 is 9.84 Å². The van der Waals surface area contributed by atoms with Gasteiger partial charge in [-0.3, -0.25) is 0 Å². The van der Waals surface area contributed by atoms with Gasteiger partial charge in [-0.1, -0.05) is 12.1 Å². The Morgan fingerprint density at radius 1 is 1.19 bits per heavy atom. The third-order valence-corrected chi connectivity index (χ3v) is 7.05. The normalized spacial score (nSPS) is 12.7. The Labute approximate surface area is 178 Å². The van der Waals surface area contributed by atoms with Crippen LogP contribution in [-0.2, 0) is 6.54 Å². The molecule has 5 rings (SSSR count). The van der Waals surface area contributed by atoms with Crippen LogP contribution in [0.1, 0.15) is 11.1 Å². The Balaban J connectivity index is 1.63. The summed E-state index contributed by atoms with van der Waals surface area (Å²) in [6, 6.07) is 17.9. The second kappa shape index (κ2) is 7.38. The van der Waals surface area contributed by atoms with Gasteiger partial charge in [0, 0.05) is 17.2 Å². The summed E-state index contributed by atoms with van der Waals surface area (Å²) in [5.74, 6) is 0.119. The predicted molar refractivity (Wildman–Crippen MR) is 113 cm³/mol. The Hall–Kier alpha value is -3.95. The number of aromatic hydroxyl groups is 1. The number of nitriles is 1. The molecule has 7 nitrogen and oxygen atoms in total. The number of fused-ring (bicyclic) bond motifs is 3. The molecule has 1 atom stereocenters. The molecule has 0 saturated heterocycles. The van der Waals surface area contributed by atoms with Crippen molar-refractivity contribution in [3.05, 3.63) is 77.9 Å². The van der Waals surface area contributed by atoms with E-state index in [4.69, 9.17) is 4.74 Å². The number of aromatic nitrogens is 3. The van der Waals surface area contributed by atoms with Crippen LogP contribution in [0.4, 0.5) is 10.1 Å². The molecule has 9 heteroatoms. The summed E-state index contributed by atoms with van der Waals surface area (Å²) in [6.45, 7) is 0.246. The zero-order chi connectivity index (χ0) is 21.5. The molecule has 2 heterocycles. The van der Waals surface area contributed by atoms with Gasteiger partial charge in [0.2, 0.25) is 0 Å². The van der Waals surface area contributed by atoms with Crippen LogP contribution in [0, 0.1) is 17.1 Å². The molecule has 31 heavy (non-hydrogen) atoms. The number of phenolic OH excluding ortho intramolecular Hbond substituents is 1. The molecule has 1 unspecified atom stereocenters. The van der Waals surface area contributed by atoms with Gasteiger partial charge in [0.1, 0.15) is 17.3 Å². The van der Waals surface area contributed by atoms with Crippen LogP contribution >= 0.6 is 7.85 Å². The third kappa shape index (κ3) is 3.16. The summed E-state index contributed by atoms with van der Waals surface area (Å²) in [5.41, 5.74) is 3.42. The number of anilines is 1. The monoisotopic (exact) mass is 432 g/mol. The van der Waals surface area contributed by atoms with Gasteiger partial charge in [-0.15, -0.1) is 4.44 Å². The van der Waals surface area contributed by atoms with E-state index in [1.165, 1.54) is 0 Å². The van der Waals surface area contributed by atoms with Crippen molar-refractivity contribution in [1.82, 2.24) is 9.96 Å². The standard InChI is InChI=1S/C22H15FN5O2P/c1-30-18-6-3-14(4-7-18)19-8-16(5-2-15(19)11-24)27-12-20-21(23)9-17(29)10-22(20)31-26-25-13-28(27)31/h2-10,13H,12H2,1H3/p+1. The number of hydrogen-bond acceptors (Lipinski definition) is 6. The first-order valence-corrected chi connectivity index (χ1v) is 10.6. The number of ether oxygens (including phenoxy) is 1. The molecule has 4 aromatic rings. The van der Waals surface area contributed by atoms with E-state index in [9.17, 15) is 14.8 Å². The van der Waals surface area contributed by atoms with Gasteiger partial charge in [0.25, 0.3) is 14.2 Å². The molecule has 1 N–H and O–H groups in total. The molecule has 0 spiro atoms. The van der Waals surface area contributed by atoms with Crippen LogP contribution in [0.3, 0.4) is 0 Å². The quantitative estimate of drug-likeness (QED) is 0.528. The molecule has 0 saturated carbocycles. The summed E-state index contributed by atoms with van der Waals surface area (Å²) in [4.78, 5) is 4.26. The summed E-state index contributed by atoms with van der Waals surface area (Å²) in [7, 11) is 0.269. The number of nitrogens with zero attached hydrogens (tertiary/aromatic N) is 5. The number of rotatable bonds is 3. The Kier molecular flexibility index (Phi) is 4.54. The van der Waals surface area contributed by atoms with E-state index in [1.54, 1.807) is 25.6 Å². The maximum Gasteiger partial charge on any atom is 0.294 e. The largest absolute Gasteiger partial charge is 0.508 e. The van der Waals surface area contributed by atoms with Gasteiger partial charge in [0.05, 0.1) is 46.2 Å². The minimum Gasteiger partial charge on any atom is -0.508 e. The second-order valence-corrected chi connectivity index (χ2v) is 8.63. The second-order valence-electron chi connectivity index (χ2n) is 6.98. The average molecular weight is 432 g/mol. The average Bonchev–Trinajstić information content (AvgIpc) is 3.29. The Morgan fingerprint density at radius 3 is 2.74 bits per heavy atom. The zero-order valence-corrected chi connectivity index (χ0v) is 17.3. The van der Waals surface area contributed by atoms with E-state index >= 15 is 0 Å². The van der Waals surface area contributed by atoms with E-state index in [0.717, 1.165) is 28.6 Å². The van der Waals surface area contributed by atoms with Crippen LogP contribution in [0.25, 0.3) is 16.4 Å². The Bertz CT molecular complexity index is 1350. The van der Waals surface area contributed by atoms with E-state index in [0.29, 0.717) is 16.4 Å². The highest BCUT2D eigenvalue weighted by atomic mass is 31.1. The lowest BCUT2D eigenvalue weighted by Gasteiger charge is -2.27. The topological polar surface area (TPSA) is 86.2 Å². The first kappa shape index (κ1) is 19.0. The van der Waals surface area contributed by atoms with Gasteiger partial charge in [0.15, 0.2) is 0 Å². The van der Waals surface area contributed by atoms with Crippen molar-refractivity contribution in [3.63, 3.8) is 0 Å². The van der Waals surface area contributed by atoms with E-state index in [1.807, 2.05) is 45.8 Å². The van der Waals surface area contributed by atoms with Crippen LogP contribution in [0.2, 0.25) is 0 Å². The van der Waals surface area contributed by atoms with Gasteiger partial charge in [-0.05, 0) is 42.0 Å². The molecule has 1 aromatic heterocycles. The van der Waals surface area contributed by atoms with Crippen molar-refractivity contribution in [2.45, 2.75) is 6.54 Å². The summed E-state index contributed by atoms with van der Waals surface area (Å²) in [5, 5.41) is 26.0. The van der Waals surface area contributed by atoms with E-state index in [2.05, 4.69) is 16.0 Å². The highest BCUT2D eigenvalue weighted by Gasteiger charge is 2.33. The van der Waals surface area contributed by atoms with Crippen molar-refractivity contribution >= 4 is 13.5 Å². The summed E-state index contributed by atoms with van der Waals surface area (Å²) >= 11 is 0. The van der Waals surface area contributed by atoms with Gasteiger partial charge >= 0.3 is 0 Å². The van der Waals surface area contributed by atoms with Crippen LogP contribution in [-0.4, -0.2) is 22.2 Å². The maximum absolute atomic E-state index is 14.7. The third-order valence-electron chi connectivity index (χ3n) is 5.24. The molecule has 0 fully saturated rings. The molecule has 3 aromatic carbocycles. The molecule has 0 amide bonds. The van der Waals surface area contributed by atoms with Gasteiger partial charge in [-0.2, -0.15) is 5.26 Å². The number of halogens is 1. The number of benzene rings is 3. The first-order chi connectivity index (χ1) is 15.1. The van der Waals surface area contributed by atoms with Crippen LogP contribution < -0.4 is 14.2 Å². The molecular formula is C22H16FN5O2P+. The summed E-state index contributed by atoms with van der Waals surface area (Å²) < 4.78 is 21.8. The van der Waals surface area contributed by atoms with Crippen molar-refractivity contribution in [2.24, 2.45) is 0 Å². The fourth-order valence-electron chi connectivity index (χ4n) is 3.71.